The van der Waals surface area contributed by atoms with E-state index < -0.39 is 18.0 Å². The van der Waals surface area contributed by atoms with E-state index in [-0.39, 0.29) is 12.5 Å². The average molecular weight is 305 g/mol. The molecule has 0 aliphatic carbocycles. The molecule has 0 aliphatic rings. The Morgan fingerprint density at radius 1 is 1.36 bits per heavy atom. The van der Waals surface area contributed by atoms with Gasteiger partial charge in [0.05, 0.1) is 0 Å². The van der Waals surface area contributed by atoms with E-state index in [4.69, 9.17) is 10.5 Å². The summed E-state index contributed by atoms with van der Waals surface area (Å²) in [5, 5.41) is 2.95. The van der Waals surface area contributed by atoms with E-state index in [9.17, 15) is 9.59 Å². The summed E-state index contributed by atoms with van der Waals surface area (Å²) in [7, 11) is 1.51. The Morgan fingerprint density at radius 2 is 1.95 bits per heavy atom. The van der Waals surface area contributed by atoms with E-state index in [0.29, 0.717) is 0 Å². The lowest BCUT2D eigenvalue weighted by molar-refractivity contribution is -0.123. The Kier molecular flexibility index (Phi) is 6.44. The molecule has 0 aromatic heterocycles. The molecule has 1 aromatic carbocycles. The molecule has 22 heavy (non-hydrogen) atoms. The van der Waals surface area contributed by atoms with E-state index in [0.717, 1.165) is 11.3 Å². The number of carbonyl (C=O) groups is 2. The molecule has 0 fully saturated rings. The largest absolute Gasteiger partial charge is 0.445 e. The van der Waals surface area contributed by atoms with E-state index in [1.807, 2.05) is 38.1 Å². The van der Waals surface area contributed by atoms with Crippen LogP contribution in [0.3, 0.4) is 0 Å². The standard InChI is InChI=1S/C16H23N3O3/c1-5-18-13-8-6-12(7-9-13)10-22-16(21)19(4)14(11(2)3)15(17)20/h5-9,11,14,18H,1,10H2,2-4H3,(H2,17,20)/t14-/m0/s1. The number of hydrogen-bond acceptors (Lipinski definition) is 4. The summed E-state index contributed by atoms with van der Waals surface area (Å²) in [6, 6.07) is 6.70. The molecule has 0 aliphatic heterocycles. The second-order valence-electron chi connectivity index (χ2n) is 5.30. The number of rotatable bonds is 7. The highest BCUT2D eigenvalue weighted by molar-refractivity contribution is 5.84. The van der Waals surface area contributed by atoms with E-state index in [1.165, 1.54) is 11.9 Å². The summed E-state index contributed by atoms with van der Waals surface area (Å²) in [5.74, 6) is -0.631. The molecular weight excluding hydrogens is 282 g/mol. The van der Waals surface area contributed by atoms with Crippen LogP contribution in [0.5, 0.6) is 0 Å². The van der Waals surface area contributed by atoms with Crippen molar-refractivity contribution in [3.63, 3.8) is 0 Å². The van der Waals surface area contributed by atoms with Crippen LogP contribution in [0.1, 0.15) is 19.4 Å². The summed E-state index contributed by atoms with van der Waals surface area (Å²) in [4.78, 5) is 24.7. The van der Waals surface area contributed by atoms with Gasteiger partial charge in [-0.1, -0.05) is 32.6 Å². The Morgan fingerprint density at radius 3 is 2.41 bits per heavy atom. The molecule has 0 bridgehead atoms. The smallest absolute Gasteiger partial charge is 0.410 e. The molecule has 0 radical (unpaired) electrons. The minimum atomic E-state index is -0.688. The fraction of sp³-hybridized carbons (Fsp3) is 0.375. The fourth-order valence-electron chi connectivity index (χ4n) is 2.14. The molecule has 3 N–H and O–H groups in total. The lowest BCUT2D eigenvalue weighted by Gasteiger charge is -2.27. The Balaban J connectivity index is 2.61. The maximum absolute atomic E-state index is 12.0. The number of ether oxygens (including phenoxy) is 1. The molecule has 1 aromatic rings. The number of benzene rings is 1. The molecule has 6 nitrogen and oxygen atoms in total. The van der Waals surface area contributed by atoms with Gasteiger partial charge in [0, 0.05) is 12.7 Å². The third kappa shape index (κ3) is 4.80. The van der Waals surface area contributed by atoms with Gasteiger partial charge >= 0.3 is 6.09 Å². The van der Waals surface area contributed by atoms with Crippen LogP contribution in [0.15, 0.2) is 37.0 Å². The van der Waals surface area contributed by atoms with Gasteiger partial charge in [-0.05, 0) is 29.8 Å². The topological polar surface area (TPSA) is 84.7 Å². The molecule has 1 rings (SSSR count). The lowest BCUT2D eigenvalue weighted by atomic mass is 10.0. The summed E-state index contributed by atoms with van der Waals surface area (Å²) >= 11 is 0. The van der Waals surface area contributed by atoms with E-state index in [1.54, 1.807) is 6.20 Å². The molecule has 0 unspecified atom stereocenters. The maximum Gasteiger partial charge on any atom is 0.410 e. The van der Waals surface area contributed by atoms with Gasteiger partial charge in [0.25, 0.3) is 0 Å². The van der Waals surface area contributed by atoms with Gasteiger partial charge in [-0.3, -0.25) is 9.69 Å². The van der Waals surface area contributed by atoms with Gasteiger partial charge in [0.1, 0.15) is 12.6 Å². The zero-order valence-electron chi connectivity index (χ0n) is 13.2. The van der Waals surface area contributed by atoms with Gasteiger partial charge < -0.3 is 15.8 Å². The van der Waals surface area contributed by atoms with Crippen molar-refractivity contribution in [3.8, 4) is 0 Å². The zero-order valence-corrected chi connectivity index (χ0v) is 13.2. The Labute approximate surface area is 130 Å². The maximum atomic E-state index is 12.0. The molecule has 1 atom stereocenters. The van der Waals surface area contributed by atoms with Crippen LogP contribution in [0.4, 0.5) is 10.5 Å². The van der Waals surface area contributed by atoms with Gasteiger partial charge in [0.2, 0.25) is 5.91 Å². The van der Waals surface area contributed by atoms with Crippen LogP contribution in [0.25, 0.3) is 0 Å². The van der Waals surface area contributed by atoms with Crippen molar-refractivity contribution < 1.29 is 14.3 Å². The van der Waals surface area contributed by atoms with Gasteiger partial charge in [-0.15, -0.1) is 0 Å². The predicted octanol–water partition coefficient (Wildman–Crippen LogP) is 2.32. The SMILES string of the molecule is C=CNc1ccc(COC(=O)N(C)[C@H](C(N)=O)C(C)C)cc1. The van der Waals surface area contributed by atoms with Crippen molar-refractivity contribution in [1.29, 1.82) is 0 Å². The van der Waals surface area contributed by atoms with Crippen molar-refractivity contribution in [2.45, 2.75) is 26.5 Å². The molecule has 6 heteroatoms. The minimum absolute atomic E-state index is 0.0840. The number of nitrogens with two attached hydrogens (primary N) is 1. The highest BCUT2D eigenvalue weighted by atomic mass is 16.6. The Bertz CT molecular complexity index is 526. The van der Waals surface area contributed by atoms with Crippen LogP contribution in [-0.4, -0.2) is 30.0 Å². The van der Waals surface area contributed by atoms with Crippen LogP contribution < -0.4 is 11.1 Å². The van der Waals surface area contributed by atoms with Crippen molar-refractivity contribution in [3.05, 3.63) is 42.6 Å². The first kappa shape index (κ1) is 17.6. The predicted molar refractivity (Wildman–Crippen MR) is 86.0 cm³/mol. The Hall–Kier alpha value is -2.50. The molecule has 0 saturated heterocycles. The van der Waals surface area contributed by atoms with Gasteiger partial charge in [-0.25, -0.2) is 4.79 Å². The van der Waals surface area contributed by atoms with Crippen molar-refractivity contribution in [2.24, 2.45) is 11.7 Å². The number of nitrogens with one attached hydrogen (secondary N) is 1. The first-order valence-electron chi connectivity index (χ1n) is 7.02. The number of nitrogens with zero attached hydrogens (tertiary/aromatic N) is 1. The van der Waals surface area contributed by atoms with Crippen LogP contribution in [0, 0.1) is 5.92 Å². The number of carbonyl (C=O) groups excluding carboxylic acids is 2. The number of amides is 2. The normalized spacial score (nSPS) is 11.6. The first-order chi connectivity index (χ1) is 10.4. The van der Waals surface area contributed by atoms with Gasteiger partial charge in [0.15, 0.2) is 0 Å². The highest BCUT2D eigenvalue weighted by Crippen LogP contribution is 2.13. The summed E-state index contributed by atoms with van der Waals surface area (Å²) in [6.07, 6.45) is 1.01. The number of anilines is 1. The molecular formula is C16H23N3O3. The second-order valence-corrected chi connectivity index (χ2v) is 5.30. The zero-order chi connectivity index (χ0) is 16.7. The lowest BCUT2D eigenvalue weighted by Crippen LogP contribution is -2.48. The molecule has 0 heterocycles. The molecule has 120 valence electrons. The van der Waals surface area contributed by atoms with Crippen molar-refractivity contribution in [1.82, 2.24) is 4.90 Å². The quantitative estimate of drug-likeness (QED) is 0.809. The number of likely N-dealkylation sites (N-methyl/N-ethyl adjacent to an activating group) is 1. The summed E-state index contributed by atoms with van der Waals surface area (Å²) in [6.45, 7) is 7.35. The molecule has 0 spiro atoms. The average Bonchev–Trinajstić information content (AvgIpc) is 2.45. The summed E-state index contributed by atoms with van der Waals surface area (Å²) < 4.78 is 5.21. The number of hydrogen-bond donors (Lipinski definition) is 2. The van der Waals surface area contributed by atoms with Crippen LogP contribution in [-0.2, 0) is 16.1 Å². The third-order valence-electron chi connectivity index (χ3n) is 3.21. The number of primary amides is 1. The second kappa shape index (κ2) is 8.07. The third-order valence-corrected chi connectivity index (χ3v) is 3.21. The highest BCUT2D eigenvalue weighted by Gasteiger charge is 2.28. The van der Waals surface area contributed by atoms with Gasteiger partial charge in [-0.2, -0.15) is 0 Å². The van der Waals surface area contributed by atoms with E-state index in [2.05, 4.69) is 11.9 Å². The molecule has 0 saturated carbocycles. The molecule has 2 amide bonds. The van der Waals surface area contributed by atoms with Crippen molar-refractivity contribution in [2.75, 3.05) is 12.4 Å². The van der Waals surface area contributed by atoms with Crippen LogP contribution in [0.2, 0.25) is 0 Å². The monoisotopic (exact) mass is 305 g/mol. The van der Waals surface area contributed by atoms with Crippen molar-refractivity contribution >= 4 is 17.7 Å². The fourth-order valence-corrected chi connectivity index (χ4v) is 2.14. The van der Waals surface area contributed by atoms with Crippen LogP contribution >= 0.6 is 0 Å². The summed E-state index contributed by atoms with van der Waals surface area (Å²) in [5.41, 5.74) is 7.07. The minimum Gasteiger partial charge on any atom is -0.445 e. The first-order valence-corrected chi connectivity index (χ1v) is 7.02. The van der Waals surface area contributed by atoms with E-state index >= 15 is 0 Å².